The quantitative estimate of drug-likeness (QED) is 0.570. The minimum atomic E-state index is 0. The molecule has 0 radical (unpaired) electrons. The summed E-state index contributed by atoms with van der Waals surface area (Å²) in [5, 5.41) is 0. The Balaban J connectivity index is 0.000000605. The third-order valence-corrected chi connectivity index (χ3v) is 4.02. The summed E-state index contributed by atoms with van der Waals surface area (Å²) in [7, 11) is 0. The van der Waals surface area contributed by atoms with Crippen LogP contribution in [0.5, 0.6) is 0 Å². The molecule has 0 aromatic rings. The van der Waals surface area contributed by atoms with Gasteiger partial charge >= 0.3 is 0 Å². The molecule has 0 N–H and O–H groups in total. The van der Waals surface area contributed by atoms with Crippen LogP contribution < -0.4 is 0 Å². The molecule has 2 bridgehead atoms. The van der Waals surface area contributed by atoms with Crippen LogP contribution in [-0.2, 0) is 0 Å². The van der Waals surface area contributed by atoms with Gasteiger partial charge in [0.1, 0.15) is 0 Å². The second-order valence-electron chi connectivity index (χ2n) is 4.66. The molecule has 66 valence electrons. The molecule has 0 aromatic heterocycles. The van der Waals surface area contributed by atoms with Gasteiger partial charge in [-0.15, -0.1) is 12.4 Å². The smallest absolute Gasteiger partial charge is 0.0272 e. The Bertz CT molecular complexity index is 132. The first kappa shape index (κ1) is 9.38. The number of rotatable bonds is 1. The van der Waals surface area contributed by atoms with Gasteiger partial charge in [0.15, 0.2) is 0 Å². The fraction of sp³-hybridized carbons (Fsp3) is 1.00. The summed E-state index contributed by atoms with van der Waals surface area (Å²) in [4.78, 5) is 0. The van der Waals surface area contributed by atoms with E-state index in [0.29, 0.717) is 0 Å². The van der Waals surface area contributed by atoms with Gasteiger partial charge in [0.25, 0.3) is 0 Å². The van der Waals surface area contributed by atoms with E-state index >= 15 is 0 Å². The Morgan fingerprint density at radius 1 is 1.18 bits per heavy atom. The van der Waals surface area contributed by atoms with Gasteiger partial charge in [0, 0.05) is 0 Å². The predicted octanol–water partition coefficient (Wildman–Crippen LogP) is 3.64. The van der Waals surface area contributed by atoms with E-state index in [9.17, 15) is 0 Å². The average Bonchev–Trinajstić information content (AvgIpc) is 2.45. The molecule has 0 spiro atoms. The van der Waals surface area contributed by atoms with Gasteiger partial charge < -0.3 is 0 Å². The molecule has 1 heteroatoms. The lowest BCUT2D eigenvalue weighted by Crippen LogP contribution is -2.20. The zero-order valence-corrected chi connectivity index (χ0v) is 8.41. The van der Waals surface area contributed by atoms with Crippen LogP contribution in [0, 0.1) is 17.3 Å². The van der Waals surface area contributed by atoms with Crippen LogP contribution in [0.1, 0.15) is 46.0 Å². The maximum absolute atomic E-state index is 2.41. The van der Waals surface area contributed by atoms with Crippen molar-refractivity contribution in [1.82, 2.24) is 0 Å². The number of hydrogen-bond acceptors (Lipinski definition) is 0. The molecule has 2 aliphatic carbocycles. The monoisotopic (exact) mass is 174 g/mol. The van der Waals surface area contributed by atoms with Crippen molar-refractivity contribution in [3.05, 3.63) is 0 Å². The van der Waals surface area contributed by atoms with Gasteiger partial charge in [0.2, 0.25) is 0 Å². The lowest BCUT2D eigenvalue weighted by atomic mass is 9.75. The summed E-state index contributed by atoms with van der Waals surface area (Å²) in [6.45, 7) is 4.82. The van der Waals surface area contributed by atoms with Crippen LogP contribution in [0.3, 0.4) is 0 Å². The van der Waals surface area contributed by atoms with Crippen molar-refractivity contribution in [3.63, 3.8) is 0 Å². The van der Waals surface area contributed by atoms with Gasteiger partial charge in [-0.25, -0.2) is 0 Å². The van der Waals surface area contributed by atoms with Crippen molar-refractivity contribution in [2.45, 2.75) is 46.0 Å². The fourth-order valence-electron chi connectivity index (χ4n) is 3.05. The highest BCUT2D eigenvalue weighted by Gasteiger charge is 2.46. The van der Waals surface area contributed by atoms with Gasteiger partial charge in [-0.05, 0) is 49.4 Å². The minimum absolute atomic E-state index is 0. The Morgan fingerprint density at radius 3 is 1.91 bits per heavy atom. The first-order valence-electron chi connectivity index (χ1n) is 4.73. The molecule has 2 aliphatic rings. The molecule has 0 aliphatic heterocycles. The van der Waals surface area contributed by atoms with Crippen LogP contribution in [0.25, 0.3) is 0 Å². The third-order valence-electron chi connectivity index (χ3n) is 4.02. The molecule has 0 heterocycles. The van der Waals surface area contributed by atoms with Crippen molar-refractivity contribution in [1.29, 1.82) is 0 Å². The molecule has 2 fully saturated rings. The zero-order chi connectivity index (χ0) is 7.19. The average molecular weight is 175 g/mol. The van der Waals surface area contributed by atoms with Gasteiger partial charge in [-0.1, -0.05) is 13.8 Å². The normalized spacial score (nSPS) is 41.2. The maximum atomic E-state index is 2.41. The van der Waals surface area contributed by atoms with Crippen LogP contribution in [0.15, 0.2) is 0 Å². The van der Waals surface area contributed by atoms with Gasteiger partial charge in [-0.2, -0.15) is 0 Å². The molecule has 0 nitrogen and oxygen atoms in total. The summed E-state index contributed by atoms with van der Waals surface area (Å²) in [6, 6.07) is 0. The van der Waals surface area contributed by atoms with E-state index in [1.807, 2.05) is 0 Å². The molecule has 0 aromatic carbocycles. The van der Waals surface area contributed by atoms with Crippen LogP contribution in [0.4, 0.5) is 0 Å². The lowest BCUT2D eigenvalue weighted by Gasteiger charge is -2.30. The third kappa shape index (κ3) is 1.30. The Kier molecular flexibility index (Phi) is 2.53. The van der Waals surface area contributed by atoms with E-state index in [0.717, 1.165) is 17.3 Å². The Morgan fingerprint density at radius 2 is 1.73 bits per heavy atom. The summed E-state index contributed by atoms with van der Waals surface area (Å²) < 4.78 is 0. The van der Waals surface area contributed by atoms with E-state index < -0.39 is 0 Å². The summed E-state index contributed by atoms with van der Waals surface area (Å²) >= 11 is 0. The van der Waals surface area contributed by atoms with Crippen LogP contribution in [-0.4, -0.2) is 0 Å². The lowest BCUT2D eigenvalue weighted by molar-refractivity contribution is 0.199. The first-order chi connectivity index (χ1) is 4.73. The summed E-state index contributed by atoms with van der Waals surface area (Å²) in [5.41, 5.74) is 0.810. The maximum Gasteiger partial charge on any atom is -0.0272 e. The molecule has 0 amide bonds. The highest BCUT2D eigenvalue weighted by molar-refractivity contribution is 5.85. The molecular formula is C10H19Cl. The highest BCUT2D eigenvalue weighted by Crippen LogP contribution is 2.57. The van der Waals surface area contributed by atoms with Gasteiger partial charge in [0.05, 0.1) is 0 Å². The van der Waals surface area contributed by atoms with Crippen molar-refractivity contribution >= 4 is 12.4 Å². The summed E-state index contributed by atoms with van der Waals surface area (Å²) in [5.74, 6) is 2.07. The standard InChI is InChI=1S/C10H18.ClH/c1-8(2)10-5-3-9(7-10)4-6-10;/h8-9H,3-7H2,1-2H3;1H. The number of fused-ring (bicyclic) bond motifs is 2. The van der Waals surface area contributed by atoms with Crippen LogP contribution >= 0.6 is 12.4 Å². The number of hydrogen-bond donors (Lipinski definition) is 0. The number of halogens is 1. The molecule has 0 saturated heterocycles. The minimum Gasteiger partial charge on any atom is -0.147 e. The zero-order valence-electron chi connectivity index (χ0n) is 7.60. The topological polar surface area (TPSA) is 0 Å². The van der Waals surface area contributed by atoms with E-state index in [4.69, 9.17) is 0 Å². The second-order valence-corrected chi connectivity index (χ2v) is 4.66. The van der Waals surface area contributed by atoms with E-state index in [1.54, 1.807) is 6.42 Å². The van der Waals surface area contributed by atoms with Crippen LogP contribution in [0.2, 0.25) is 0 Å². The van der Waals surface area contributed by atoms with E-state index in [-0.39, 0.29) is 12.4 Å². The largest absolute Gasteiger partial charge is 0.147 e. The molecular weight excluding hydrogens is 156 g/mol. The van der Waals surface area contributed by atoms with E-state index in [2.05, 4.69) is 13.8 Å². The molecule has 0 atom stereocenters. The van der Waals surface area contributed by atoms with Crippen molar-refractivity contribution in [2.24, 2.45) is 17.3 Å². The SMILES string of the molecule is CC(C)C12CCC(CC1)C2.Cl. The molecule has 2 rings (SSSR count). The summed E-state index contributed by atoms with van der Waals surface area (Å²) in [6.07, 6.45) is 7.71. The van der Waals surface area contributed by atoms with Crippen molar-refractivity contribution in [2.75, 3.05) is 0 Å². The Hall–Kier alpha value is 0.290. The first-order valence-corrected chi connectivity index (χ1v) is 4.73. The van der Waals surface area contributed by atoms with E-state index in [1.165, 1.54) is 25.7 Å². The molecule has 2 saturated carbocycles. The fourth-order valence-corrected chi connectivity index (χ4v) is 3.05. The highest BCUT2D eigenvalue weighted by atomic mass is 35.5. The Labute approximate surface area is 76.2 Å². The van der Waals surface area contributed by atoms with Crippen molar-refractivity contribution in [3.8, 4) is 0 Å². The van der Waals surface area contributed by atoms with Gasteiger partial charge in [-0.3, -0.25) is 0 Å². The second kappa shape index (κ2) is 2.97. The van der Waals surface area contributed by atoms with Crippen molar-refractivity contribution < 1.29 is 0 Å². The molecule has 0 unspecified atom stereocenters. The molecule has 11 heavy (non-hydrogen) atoms. The predicted molar refractivity (Wildman–Crippen MR) is 51.1 cm³/mol.